The number of carbonyl (C=O) groups is 1. The van der Waals surface area contributed by atoms with Gasteiger partial charge in [0.1, 0.15) is 12.4 Å². The molecule has 1 saturated heterocycles. The highest BCUT2D eigenvalue weighted by Gasteiger charge is 2.13. The number of nitrogens with one attached hydrogen (secondary N) is 1. The smallest absolute Gasteiger partial charge is 0.243 e. The van der Waals surface area contributed by atoms with Crippen LogP contribution in [0.15, 0.2) is 48.5 Å². The molecule has 4 rings (SSSR count). The monoisotopic (exact) mass is 396 g/mol. The molecule has 1 fully saturated rings. The van der Waals surface area contributed by atoms with Gasteiger partial charge in [0.25, 0.3) is 0 Å². The molecule has 3 aromatic rings. The Bertz CT molecular complexity index is 952. The van der Waals surface area contributed by atoms with Gasteiger partial charge in [-0.3, -0.25) is 4.79 Å². The molecule has 1 N–H and O–H groups in total. The fourth-order valence-electron chi connectivity index (χ4n) is 3.06. The number of tetrazole rings is 1. The molecular formula is C20H21FN6O2. The van der Waals surface area contributed by atoms with Crippen LogP contribution in [0, 0.1) is 5.82 Å². The van der Waals surface area contributed by atoms with Crippen LogP contribution in [0.5, 0.6) is 0 Å². The Balaban J connectivity index is 1.32. The normalized spacial score (nSPS) is 14.0. The second kappa shape index (κ2) is 8.78. The Morgan fingerprint density at radius 2 is 1.79 bits per heavy atom. The minimum Gasteiger partial charge on any atom is -0.378 e. The van der Waals surface area contributed by atoms with Gasteiger partial charge in [0.2, 0.25) is 11.7 Å². The number of anilines is 1. The van der Waals surface area contributed by atoms with E-state index in [9.17, 15) is 9.18 Å². The Morgan fingerprint density at radius 3 is 2.52 bits per heavy atom. The van der Waals surface area contributed by atoms with E-state index in [2.05, 4.69) is 25.6 Å². The molecule has 0 unspecified atom stereocenters. The lowest BCUT2D eigenvalue weighted by Gasteiger charge is -2.28. The summed E-state index contributed by atoms with van der Waals surface area (Å²) in [5.74, 6) is -0.0943. The van der Waals surface area contributed by atoms with Gasteiger partial charge in [-0.1, -0.05) is 12.1 Å². The van der Waals surface area contributed by atoms with Gasteiger partial charge < -0.3 is 15.0 Å². The molecule has 2 aromatic carbocycles. The molecule has 0 aliphatic carbocycles. The van der Waals surface area contributed by atoms with Crippen LogP contribution in [0.3, 0.4) is 0 Å². The second-order valence-electron chi connectivity index (χ2n) is 6.69. The third-order valence-corrected chi connectivity index (χ3v) is 4.64. The van der Waals surface area contributed by atoms with E-state index in [-0.39, 0.29) is 18.3 Å². The lowest BCUT2D eigenvalue weighted by Crippen LogP contribution is -2.36. The number of hydrogen-bond acceptors (Lipinski definition) is 6. The van der Waals surface area contributed by atoms with Crippen molar-refractivity contribution in [1.29, 1.82) is 0 Å². The van der Waals surface area contributed by atoms with Crippen molar-refractivity contribution in [1.82, 2.24) is 25.5 Å². The van der Waals surface area contributed by atoms with E-state index in [1.807, 2.05) is 24.3 Å². The minimum absolute atomic E-state index is 0.0416. The van der Waals surface area contributed by atoms with Crippen molar-refractivity contribution in [2.75, 3.05) is 31.2 Å². The van der Waals surface area contributed by atoms with Crippen LogP contribution >= 0.6 is 0 Å². The average Bonchev–Trinajstić information content (AvgIpc) is 3.22. The quantitative estimate of drug-likeness (QED) is 0.682. The van der Waals surface area contributed by atoms with E-state index < -0.39 is 0 Å². The lowest BCUT2D eigenvalue weighted by molar-refractivity contribution is -0.122. The van der Waals surface area contributed by atoms with Gasteiger partial charge in [-0.2, -0.15) is 4.80 Å². The maximum Gasteiger partial charge on any atom is 0.243 e. The summed E-state index contributed by atoms with van der Waals surface area (Å²) in [7, 11) is 0. The van der Waals surface area contributed by atoms with E-state index in [4.69, 9.17) is 4.74 Å². The number of aromatic nitrogens is 4. The van der Waals surface area contributed by atoms with Crippen molar-refractivity contribution in [3.63, 3.8) is 0 Å². The van der Waals surface area contributed by atoms with Crippen LogP contribution in [0.4, 0.5) is 10.1 Å². The van der Waals surface area contributed by atoms with Crippen LogP contribution in [-0.4, -0.2) is 52.4 Å². The zero-order valence-corrected chi connectivity index (χ0v) is 15.8. The third kappa shape index (κ3) is 4.94. The molecule has 0 spiro atoms. The molecule has 150 valence electrons. The van der Waals surface area contributed by atoms with E-state index in [1.54, 1.807) is 12.1 Å². The molecule has 0 bridgehead atoms. The number of carbonyl (C=O) groups excluding carboxylic acids is 1. The van der Waals surface area contributed by atoms with Crippen LogP contribution in [0.1, 0.15) is 5.56 Å². The molecule has 0 saturated carbocycles. The summed E-state index contributed by atoms with van der Waals surface area (Å²) < 4.78 is 18.3. The average molecular weight is 396 g/mol. The van der Waals surface area contributed by atoms with Crippen molar-refractivity contribution in [3.8, 4) is 11.4 Å². The van der Waals surface area contributed by atoms with Gasteiger partial charge in [-0.25, -0.2) is 4.39 Å². The summed E-state index contributed by atoms with van der Waals surface area (Å²) >= 11 is 0. The number of halogens is 1. The van der Waals surface area contributed by atoms with Crippen LogP contribution < -0.4 is 10.2 Å². The van der Waals surface area contributed by atoms with Gasteiger partial charge in [0.05, 0.1) is 13.2 Å². The summed E-state index contributed by atoms with van der Waals surface area (Å²) in [6.45, 7) is 3.49. The largest absolute Gasteiger partial charge is 0.378 e. The molecule has 0 atom stereocenters. The zero-order valence-electron chi connectivity index (χ0n) is 15.8. The zero-order chi connectivity index (χ0) is 20.1. The van der Waals surface area contributed by atoms with Crippen LogP contribution in [-0.2, 0) is 22.6 Å². The minimum atomic E-state index is -0.308. The number of morpholine rings is 1. The number of rotatable bonds is 6. The van der Waals surface area contributed by atoms with Gasteiger partial charge in [-0.05, 0) is 47.2 Å². The molecule has 29 heavy (non-hydrogen) atoms. The molecule has 2 heterocycles. The van der Waals surface area contributed by atoms with E-state index in [1.165, 1.54) is 16.9 Å². The highest BCUT2D eigenvalue weighted by Crippen LogP contribution is 2.21. The van der Waals surface area contributed by atoms with Gasteiger partial charge >= 0.3 is 0 Å². The predicted molar refractivity (Wildman–Crippen MR) is 105 cm³/mol. The Morgan fingerprint density at radius 1 is 1.07 bits per heavy atom. The first-order valence-electron chi connectivity index (χ1n) is 9.39. The molecule has 1 aliphatic rings. The predicted octanol–water partition coefficient (Wildman–Crippen LogP) is 1.63. The summed E-state index contributed by atoms with van der Waals surface area (Å²) in [5.41, 5.74) is 2.77. The van der Waals surface area contributed by atoms with Crippen LogP contribution in [0.25, 0.3) is 11.4 Å². The Labute approximate surface area is 167 Å². The second-order valence-corrected chi connectivity index (χ2v) is 6.69. The standard InChI is InChI=1S/C20H21FN6O2/c21-17-5-1-15(2-6-17)13-22-19(28)14-27-24-20(23-25-27)16-3-7-18(8-4-16)26-9-11-29-12-10-26/h1-8H,9-14H2,(H,22,28). The molecule has 1 amide bonds. The summed E-state index contributed by atoms with van der Waals surface area (Å²) in [6.07, 6.45) is 0. The van der Waals surface area contributed by atoms with Crippen molar-refractivity contribution < 1.29 is 13.9 Å². The first-order chi connectivity index (χ1) is 14.2. The third-order valence-electron chi connectivity index (χ3n) is 4.64. The fourth-order valence-corrected chi connectivity index (χ4v) is 3.06. The Hall–Kier alpha value is -3.33. The van der Waals surface area contributed by atoms with Crippen molar-refractivity contribution in [2.45, 2.75) is 13.1 Å². The maximum absolute atomic E-state index is 12.9. The summed E-state index contributed by atoms with van der Waals surface area (Å²) in [6, 6.07) is 13.9. The van der Waals surface area contributed by atoms with Crippen molar-refractivity contribution in [3.05, 3.63) is 59.9 Å². The molecular weight excluding hydrogens is 375 g/mol. The van der Waals surface area contributed by atoms with Crippen molar-refractivity contribution >= 4 is 11.6 Å². The number of nitrogens with zero attached hydrogens (tertiary/aromatic N) is 5. The summed E-state index contributed by atoms with van der Waals surface area (Å²) in [4.78, 5) is 15.6. The van der Waals surface area contributed by atoms with Crippen molar-refractivity contribution in [2.24, 2.45) is 0 Å². The van der Waals surface area contributed by atoms with E-state index >= 15 is 0 Å². The fraction of sp³-hybridized carbons (Fsp3) is 0.300. The molecule has 1 aromatic heterocycles. The molecule has 1 aliphatic heterocycles. The summed E-state index contributed by atoms with van der Waals surface area (Å²) in [5, 5.41) is 15.0. The van der Waals surface area contributed by atoms with E-state index in [0.717, 1.165) is 43.1 Å². The van der Waals surface area contributed by atoms with Gasteiger partial charge in [0, 0.05) is 30.9 Å². The number of amides is 1. The number of ether oxygens (including phenoxy) is 1. The first kappa shape index (κ1) is 19.0. The highest BCUT2D eigenvalue weighted by atomic mass is 19.1. The molecule has 0 radical (unpaired) electrons. The number of hydrogen-bond donors (Lipinski definition) is 1. The van der Waals surface area contributed by atoms with E-state index in [0.29, 0.717) is 12.4 Å². The maximum atomic E-state index is 12.9. The molecule has 8 nitrogen and oxygen atoms in total. The highest BCUT2D eigenvalue weighted by molar-refractivity contribution is 5.75. The molecule has 9 heteroatoms. The topological polar surface area (TPSA) is 85.2 Å². The van der Waals surface area contributed by atoms with Gasteiger partial charge in [0.15, 0.2) is 0 Å². The number of benzene rings is 2. The van der Waals surface area contributed by atoms with Crippen LogP contribution in [0.2, 0.25) is 0 Å². The Kier molecular flexibility index (Phi) is 5.76. The lowest BCUT2D eigenvalue weighted by atomic mass is 10.2. The van der Waals surface area contributed by atoms with Gasteiger partial charge in [-0.15, -0.1) is 10.2 Å². The first-order valence-corrected chi connectivity index (χ1v) is 9.39. The SMILES string of the molecule is O=C(Cn1nnc(-c2ccc(N3CCOCC3)cc2)n1)NCc1ccc(F)cc1.